The Balaban J connectivity index is 3.15. The van der Waals surface area contributed by atoms with Crippen LogP contribution in [0.1, 0.15) is 34.6 Å². The Morgan fingerprint density at radius 3 is 2.28 bits per heavy atom. The summed E-state index contributed by atoms with van der Waals surface area (Å²) in [7, 11) is 0. The fourth-order valence-electron chi connectivity index (χ4n) is 2.61. The predicted octanol–water partition coefficient (Wildman–Crippen LogP) is 6.32. The van der Waals surface area contributed by atoms with Crippen LogP contribution in [-0.2, 0) is 0 Å². The highest BCUT2D eigenvalue weighted by atomic mass is 14.7. The maximum atomic E-state index is 8.83. The van der Waals surface area contributed by atoms with Crippen molar-refractivity contribution >= 4 is 6.21 Å². The minimum absolute atomic E-state index is 0.415. The molecule has 0 unspecified atom stereocenters. The molecule has 25 heavy (non-hydrogen) atoms. The van der Waals surface area contributed by atoms with Crippen molar-refractivity contribution in [1.82, 2.24) is 0 Å². The van der Waals surface area contributed by atoms with Gasteiger partial charge in [-0.25, -0.2) is 0 Å². The summed E-state index contributed by atoms with van der Waals surface area (Å²) < 4.78 is 0. The van der Waals surface area contributed by atoms with Crippen LogP contribution in [0.25, 0.3) is 0 Å². The van der Waals surface area contributed by atoms with Gasteiger partial charge in [0.15, 0.2) is 0 Å². The first kappa shape index (κ1) is 20.1. The fraction of sp³-hybridized carbons (Fsp3) is 0.217. The molecule has 0 fully saturated rings. The molecule has 0 aliphatic heterocycles. The van der Waals surface area contributed by atoms with E-state index in [-0.39, 0.29) is 0 Å². The summed E-state index contributed by atoms with van der Waals surface area (Å²) in [6.07, 6.45) is 13.6. The molecule has 2 heteroatoms. The molecule has 1 aliphatic carbocycles. The molecular formula is C23H26N2. The standard InChI is InChI=1S/C23H26N2/c1-8-20(11-10-17(5)14-24)22(9-2)25-15-21(12-16(3)4)23-18(6)13-19(23)7/h8-13,15H,3,5H2,1-2,4,6-7H3/b11-10-,20-8+,21-12+,22-9-,25-15-. The lowest BCUT2D eigenvalue weighted by Crippen LogP contribution is -2.05. The molecule has 1 rings (SSSR count). The Bertz CT molecular complexity index is 826. The van der Waals surface area contributed by atoms with Crippen molar-refractivity contribution < 1.29 is 0 Å². The number of hydrogen-bond donors (Lipinski definition) is 0. The van der Waals surface area contributed by atoms with Crippen molar-refractivity contribution in [2.45, 2.75) is 34.6 Å². The summed E-state index contributed by atoms with van der Waals surface area (Å²) in [6.45, 7) is 17.7. The molecule has 128 valence electrons. The van der Waals surface area contributed by atoms with E-state index in [0.29, 0.717) is 5.57 Å². The van der Waals surface area contributed by atoms with Crippen molar-refractivity contribution in [2.75, 3.05) is 0 Å². The van der Waals surface area contributed by atoms with Gasteiger partial charge in [-0.15, -0.1) is 0 Å². The molecule has 0 bridgehead atoms. The van der Waals surface area contributed by atoms with Crippen molar-refractivity contribution in [3.8, 4) is 6.07 Å². The van der Waals surface area contributed by atoms with Crippen LogP contribution < -0.4 is 0 Å². The van der Waals surface area contributed by atoms with Crippen molar-refractivity contribution in [3.05, 3.63) is 94.3 Å². The van der Waals surface area contributed by atoms with Crippen LogP contribution in [0.2, 0.25) is 0 Å². The van der Waals surface area contributed by atoms with Crippen LogP contribution in [0.15, 0.2) is 99.3 Å². The highest BCUT2D eigenvalue weighted by Gasteiger charge is 2.16. The molecule has 0 aromatic rings. The fourth-order valence-corrected chi connectivity index (χ4v) is 2.61. The molecule has 1 aliphatic rings. The topological polar surface area (TPSA) is 36.1 Å². The number of allylic oxidation sites excluding steroid dienone is 12. The zero-order valence-corrected chi connectivity index (χ0v) is 15.9. The largest absolute Gasteiger partial charge is 0.256 e. The molecule has 0 N–H and O–H groups in total. The van der Waals surface area contributed by atoms with Gasteiger partial charge in [0.1, 0.15) is 0 Å². The third-order valence-corrected chi connectivity index (χ3v) is 3.74. The average molecular weight is 330 g/mol. The van der Waals surface area contributed by atoms with Gasteiger partial charge in [0.25, 0.3) is 0 Å². The summed E-state index contributed by atoms with van der Waals surface area (Å²) in [6, 6.07) is 2.02. The zero-order valence-electron chi connectivity index (χ0n) is 15.9. The van der Waals surface area contributed by atoms with Gasteiger partial charge >= 0.3 is 0 Å². The summed E-state index contributed by atoms with van der Waals surface area (Å²) in [5, 5.41) is 8.83. The smallest absolute Gasteiger partial charge is 0.0985 e. The van der Waals surface area contributed by atoms with Gasteiger partial charge in [-0.05, 0) is 63.0 Å². The van der Waals surface area contributed by atoms with Crippen LogP contribution in [0, 0.1) is 11.3 Å². The highest BCUT2D eigenvalue weighted by Crippen LogP contribution is 2.32. The summed E-state index contributed by atoms with van der Waals surface area (Å²) >= 11 is 0. The molecule has 0 aromatic heterocycles. The predicted molar refractivity (Wildman–Crippen MR) is 109 cm³/mol. The minimum Gasteiger partial charge on any atom is -0.256 e. The van der Waals surface area contributed by atoms with E-state index in [9.17, 15) is 0 Å². The molecule has 2 nitrogen and oxygen atoms in total. The molecule has 0 amide bonds. The number of nitrogens with zero attached hydrogens (tertiary/aromatic N) is 2. The third-order valence-electron chi connectivity index (χ3n) is 3.74. The molecule has 0 atom stereocenters. The lowest BCUT2D eigenvalue weighted by atomic mass is 9.85. The summed E-state index contributed by atoms with van der Waals surface area (Å²) in [4.78, 5) is 4.68. The van der Waals surface area contributed by atoms with E-state index in [4.69, 9.17) is 5.26 Å². The second kappa shape index (κ2) is 9.39. The van der Waals surface area contributed by atoms with E-state index >= 15 is 0 Å². The highest BCUT2D eigenvalue weighted by molar-refractivity contribution is 5.90. The van der Waals surface area contributed by atoms with Crippen molar-refractivity contribution in [3.63, 3.8) is 0 Å². The molecule has 0 aromatic carbocycles. The Kier molecular flexibility index (Phi) is 7.56. The van der Waals surface area contributed by atoms with Gasteiger partial charge in [-0.1, -0.05) is 49.1 Å². The third kappa shape index (κ3) is 5.58. The van der Waals surface area contributed by atoms with Gasteiger partial charge in [-0.2, -0.15) is 5.26 Å². The number of aliphatic imine (C=N–C) groups is 1. The van der Waals surface area contributed by atoms with Crippen LogP contribution in [0.3, 0.4) is 0 Å². The van der Waals surface area contributed by atoms with Crippen LogP contribution in [-0.4, -0.2) is 6.21 Å². The van der Waals surface area contributed by atoms with Gasteiger partial charge in [0.2, 0.25) is 0 Å². The van der Waals surface area contributed by atoms with E-state index in [1.54, 1.807) is 6.08 Å². The average Bonchev–Trinajstić information content (AvgIpc) is 2.56. The number of rotatable bonds is 7. The Morgan fingerprint density at radius 1 is 1.16 bits per heavy atom. The first-order chi connectivity index (χ1) is 11.8. The Morgan fingerprint density at radius 2 is 1.84 bits per heavy atom. The normalized spacial score (nSPS) is 16.2. The molecule has 0 radical (unpaired) electrons. The van der Waals surface area contributed by atoms with Gasteiger partial charge in [-0.3, -0.25) is 4.99 Å². The Hall–Kier alpha value is -2.92. The molecule has 0 spiro atoms. The quantitative estimate of drug-likeness (QED) is 0.305. The maximum Gasteiger partial charge on any atom is 0.0985 e. The van der Waals surface area contributed by atoms with Crippen LogP contribution >= 0.6 is 0 Å². The molecule has 0 saturated heterocycles. The van der Waals surface area contributed by atoms with E-state index in [1.807, 2.05) is 51.3 Å². The number of hydrogen-bond acceptors (Lipinski definition) is 2. The first-order valence-corrected chi connectivity index (χ1v) is 8.25. The SMILES string of the molecule is C=C(C)\C=C(/C=N\C(=C/C)C(\C=C/C(=C)C#N)=C\C)C1=C(C)C=C1C. The minimum atomic E-state index is 0.415. The molecule has 0 heterocycles. The lowest BCUT2D eigenvalue weighted by molar-refractivity contribution is 1.22. The van der Waals surface area contributed by atoms with Crippen molar-refractivity contribution in [2.24, 2.45) is 4.99 Å². The van der Waals surface area contributed by atoms with E-state index in [2.05, 4.69) is 44.1 Å². The van der Waals surface area contributed by atoms with E-state index in [0.717, 1.165) is 22.4 Å². The monoisotopic (exact) mass is 330 g/mol. The summed E-state index contributed by atoms with van der Waals surface area (Å²) in [5.74, 6) is 0. The lowest BCUT2D eigenvalue weighted by Gasteiger charge is -2.20. The van der Waals surface area contributed by atoms with E-state index in [1.165, 1.54) is 16.7 Å². The van der Waals surface area contributed by atoms with Gasteiger partial charge in [0, 0.05) is 17.4 Å². The van der Waals surface area contributed by atoms with Crippen LogP contribution in [0.5, 0.6) is 0 Å². The Labute approximate surface area is 152 Å². The molecular weight excluding hydrogens is 304 g/mol. The van der Waals surface area contributed by atoms with Gasteiger partial charge < -0.3 is 0 Å². The maximum absolute atomic E-state index is 8.83. The molecule has 0 saturated carbocycles. The van der Waals surface area contributed by atoms with Crippen LogP contribution in [0.4, 0.5) is 0 Å². The second-order valence-electron chi connectivity index (χ2n) is 5.98. The van der Waals surface area contributed by atoms with E-state index < -0.39 is 0 Å². The second-order valence-corrected chi connectivity index (χ2v) is 5.98. The number of nitriles is 1. The first-order valence-electron chi connectivity index (χ1n) is 8.25. The zero-order chi connectivity index (χ0) is 19.0. The summed E-state index contributed by atoms with van der Waals surface area (Å²) in [5.41, 5.74) is 8.00. The van der Waals surface area contributed by atoms with Gasteiger partial charge in [0.05, 0.1) is 11.8 Å². The van der Waals surface area contributed by atoms with Crippen molar-refractivity contribution in [1.29, 1.82) is 5.26 Å².